The maximum absolute atomic E-state index is 12.0. The van der Waals surface area contributed by atoms with Gasteiger partial charge >= 0.3 is 5.97 Å². The van der Waals surface area contributed by atoms with E-state index in [9.17, 15) is 21.6 Å². The van der Waals surface area contributed by atoms with Crippen LogP contribution in [-0.2, 0) is 31.0 Å². The minimum Gasteiger partial charge on any atom is -0.464 e. The summed E-state index contributed by atoms with van der Waals surface area (Å²) in [6, 6.07) is 10.6. The molecule has 3 rings (SSSR count). The number of carbonyl (C=O) groups excluding carboxylic acids is 1. The zero-order valence-corrected chi connectivity index (χ0v) is 17.0. The number of benzene rings is 2. The molecule has 0 amide bonds. The molecule has 28 heavy (non-hydrogen) atoms. The molecule has 2 aromatic carbocycles. The third-order valence-electron chi connectivity index (χ3n) is 4.21. The Bertz CT molecular complexity index is 1270. The van der Waals surface area contributed by atoms with E-state index < -0.39 is 25.6 Å². The Kier molecular flexibility index (Phi) is 5.02. The topological polar surface area (TPSA) is 112 Å². The molecular weight excluding hydrogens is 404 g/mol. The lowest BCUT2D eigenvalue weighted by Crippen LogP contribution is -2.06. The monoisotopic (exact) mass is 422 g/mol. The van der Waals surface area contributed by atoms with Crippen molar-refractivity contribution in [3.05, 3.63) is 53.7 Å². The molecule has 0 fully saturated rings. The Morgan fingerprint density at radius 1 is 0.964 bits per heavy atom. The molecule has 10 heteroatoms. The van der Waals surface area contributed by atoms with Gasteiger partial charge in [-0.15, -0.1) is 0 Å². The molecule has 0 saturated carbocycles. The molecule has 0 radical (unpaired) electrons. The van der Waals surface area contributed by atoms with Crippen LogP contribution in [0.4, 0.5) is 0 Å². The minimum atomic E-state index is -3.45. The lowest BCUT2D eigenvalue weighted by molar-refractivity contribution is 0.0595. The number of methoxy groups -OCH3 is 1. The summed E-state index contributed by atoms with van der Waals surface area (Å²) in [4.78, 5) is 12.3. The highest BCUT2D eigenvalue weighted by Gasteiger charge is 2.20. The van der Waals surface area contributed by atoms with Crippen LogP contribution < -0.4 is 0 Å². The second kappa shape index (κ2) is 7.02. The molecule has 0 unspecified atom stereocenters. The fraction of sp³-hybridized carbons (Fsp3) is 0.222. The quantitative estimate of drug-likeness (QED) is 0.575. The number of hydrogen-bond acceptors (Lipinski definition) is 7. The zero-order chi connectivity index (χ0) is 20.7. The largest absolute Gasteiger partial charge is 0.464 e. The van der Waals surface area contributed by atoms with Gasteiger partial charge in [-0.25, -0.2) is 21.6 Å². The summed E-state index contributed by atoms with van der Waals surface area (Å²) in [7, 11) is -5.52. The molecule has 0 atom stereocenters. The van der Waals surface area contributed by atoms with Crippen LogP contribution in [0.15, 0.2) is 52.3 Å². The van der Waals surface area contributed by atoms with E-state index in [4.69, 9.17) is 4.74 Å². The van der Waals surface area contributed by atoms with Gasteiger partial charge in [-0.05, 0) is 35.9 Å². The second-order valence-corrected chi connectivity index (χ2v) is 10.4. The predicted octanol–water partition coefficient (Wildman–Crippen LogP) is 1.68. The number of nitrogens with zero attached hydrogens (tertiary/aromatic N) is 2. The third kappa shape index (κ3) is 3.92. The average Bonchev–Trinajstić information content (AvgIpc) is 2.98. The van der Waals surface area contributed by atoms with E-state index in [2.05, 4.69) is 5.10 Å². The van der Waals surface area contributed by atoms with Crippen molar-refractivity contribution in [3.8, 4) is 0 Å². The van der Waals surface area contributed by atoms with E-state index in [1.165, 1.54) is 42.1 Å². The number of aromatic nitrogens is 2. The molecule has 0 spiro atoms. The Hall–Kier alpha value is -2.72. The summed E-state index contributed by atoms with van der Waals surface area (Å²) in [5.74, 6) is -0.636. The molecule has 3 aromatic rings. The Morgan fingerprint density at radius 2 is 1.54 bits per heavy atom. The third-order valence-corrected chi connectivity index (χ3v) is 6.45. The number of sulfone groups is 2. The van der Waals surface area contributed by atoms with Crippen molar-refractivity contribution >= 4 is 36.5 Å². The molecule has 0 N–H and O–H groups in total. The van der Waals surface area contributed by atoms with Gasteiger partial charge in [-0.2, -0.15) is 5.10 Å². The van der Waals surface area contributed by atoms with Crippen molar-refractivity contribution in [2.75, 3.05) is 19.6 Å². The lowest BCUT2D eigenvalue weighted by atomic mass is 10.2. The van der Waals surface area contributed by atoms with Crippen molar-refractivity contribution in [2.24, 2.45) is 0 Å². The van der Waals surface area contributed by atoms with Gasteiger partial charge in [0.25, 0.3) is 0 Å². The van der Waals surface area contributed by atoms with Crippen molar-refractivity contribution in [3.63, 3.8) is 0 Å². The summed E-state index contributed by atoms with van der Waals surface area (Å²) in [5.41, 5.74) is 1.26. The van der Waals surface area contributed by atoms with E-state index in [-0.39, 0.29) is 22.0 Å². The maximum atomic E-state index is 12.0. The number of hydrogen-bond donors (Lipinski definition) is 0. The maximum Gasteiger partial charge on any atom is 0.359 e. The van der Waals surface area contributed by atoms with Gasteiger partial charge < -0.3 is 4.74 Å². The van der Waals surface area contributed by atoms with Crippen LogP contribution in [0.5, 0.6) is 0 Å². The van der Waals surface area contributed by atoms with Crippen LogP contribution in [0.25, 0.3) is 10.9 Å². The van der Waals surface area contributed by atoms with Crippen molar-refractivity contribution in [1.82, 2.24) is 9.78 Å². The van der Waals surface area contributed by atoms with Gasteiger partial charge in [0.15, 0.2) is 25.4 Å². The number of carbonyl (C=O) groups is 1. The first kappa shape index (κ1) is 20.0. The fourth-order valence-electron chi connectivity index (χ4n) is 2.77. The molecular formula is C18H18N2O6S2. The summed E-state index contributed by atoms with van der Waals surface area (Å²) in [6.07, 6.45) is 2.22. The zero-order valence-electron chi connectivity index (χ0n) is 15.4. The summed E-state index contributed by atoms with van der Waals surface area (Å²) >= 11 is 0. The molecule has 0 aliphatic carbocycles. The second-order valence-electron chi connectivity index (χ2n) is 6.37. The van der Waals surface area contributed by atoms with Gasteiger partial charge in [-0.3, -0.25) is 4.68 Å². The van der Waals surface area contributed by atoms with Crippen LogP contribution in [0, 0.1) is 0 Å². The summed E-state index contributed by atoms with van der Waals surface area (Å²) in [6.45, 7) is 0.213. The molecule has 148 valence electrons. The molecule has 8 nitrogen and oxygen atoms in total. The first-order chi connectivity index (χ1) is 13.0. The Labute approximate surface area is 162 Å². The van der Waals surface area contributed by atoms with Gasteiger partial charge in [0, 0.05) is 17.9 Å². The molecule has 1 aromatic heterocycles. The van der Waals surface area contributed by atoms with Crippen molar-refractivity contribution in [2.45, 2.75) is 16.3 Å². The number of ether oxygens (including phenoxy) is 1. The van der Waals surface area contributed by atoms with Crippen LogP contribution in [0.3, 0.4) is 0 Å². The predicted molar refractivity (Wildman–Crippen MR) is 103 cm³/mol. The van der Waals surface area contributed by atoms with Crippen LogP contribution >= 0.6 is 0 Å². The standard InChI is InChI=1S/C18H18N2O6S2/c1-26-18(21)17-15-9-8-14(28(3,24)25)10-16(15)20(19-17)11-12-4-6-13(7-5-12)27(2,22)23/h4-10H,11H2,1-3H3. The van der Waals surface area contributed by atoms with Crippen molar-refractivity contribution < 1.29 is 26.4 Å². The summed E-state index contributed by atoms with van der Waals surface area (Å²) in [5, 5.41) is 4.74. The number of rotatable bonds is 5. The van der Waals surface area contributed by atoms with Gasteiger partial charge in [0.2, 0.25) is 0 Å². The summed E-state index contributed by atoms with van der Waals surface area (Å²) < 4.78 is 53.2. The Balaban J connectivity index is 2.12. The van der Waals surface area contributed by atoms with E-state index in [0.29, 0.717) is 10.9 Å². The number of fused-ring (bicyclic) bond motifs is 1. The minimum absolute atomic E-state index is 0.0744. The van der Waals surface area contributed by atoms with Gasteiger partial charge in [0.1, 0.15) is 0 Å². The lowest BCUT2D eigenvalue weighted by Gasteiger charge is -2.06. The van der Waals surface area contributed by atoms with Crippen LogP contribution in [0.2, 0.25) is 0 Å². The van der Waals surface area contributed by atoms with E-state index in [1.54, 1.807) is 12.1 Å². The van der Waals surface area contributed by atoms with E-state index in [0.717, 1.165) is 18.1 Å². The molecule has 0 saturated heterocycles. The Morgan fingerprint density at radius 3 is 2.07 bits per heavy atom. The number of esters is 1. The average molecular weight is 422 g/mol. The van der Waals surface area contributed by atoms with E-state index in [1.807, 2.05) is 0 Å². The molecule has 1 heterocycles. The first-order valence-electron chi connectivity index (χ1n) is 8.08. The smallest absolute Gasteiger partial charge is 0.359 e. The molecule has 0 bridgehead atoms. The first-order valence-corrected chi connectivity index (χ1v) is 11.9. The van der Waals surface area contributed by atoms with Crippen LogP contribution in [0.1, 0.15) is 16.1 Å². The van der Waals surface area contributed by atoms with Crippen LogP contribution in [-0.4, -0.2) is 52.2 Å². The highest BCUT2D eigenvalue weighted by atomic mass is 32.2. The SMILES string of the molecule is COC(=O)c1nn(Cc2ccc(S(C)(=O)=O)cc2)c2cc(S(C)(=O)=O)ccc12. The van der Waals surface area contributed by atoms with E-state index >= 15 is 0 Å². The molecule has 0 aliphatic rings. The van der Waals surface area contributed by atoms with Gasteiger partial charge in [0.05, 0.1) is 29.0 Å². The molecule has 0 aliphatic heterocycles. The highest BCUT2D eigenvalue weighted by Crippen LogP contribution is 2.24. The highest BCUT2D eigenvalue weighted by molar-refractivity contribution is 7.91. The fourth-order valence-corrected chi connectivity index (χ4v) is 4.04. The normalized spacial score (nSPS) is 12.2. The van der Waals surface area contributed by atoms with Crippen molar-refractivity contribution in [1.29, 1.82) is 0 Å². The van der Waals surface area contributed by atoms with Gasteiger partial charge in [-0.1, -0.05) is 12.1 Å².